The van der Waals surface area contributed by atoms with Gasteiger partial charge in [-0.15, -0.1) is 0 Å². The Balaban J connectivity index is 2.02. The number of halogens is 1. The van der Waals surface area contributed by atoms with Gasteiger partial charge in [-0.25, -0.2) is 14.5 Å². The summed E-state index contributed by atoms with van der Waals surface area (Å²) in [5.74, 6) is -1.07. The van der Waals surface area contributed by atoms with Gasteiger partial charge in [0.2, 0.25) is 0 Å². The highest BCUT2D eigenvalue weighted by molar-refractivity contribution is 9.10. The predicted molar refractivity (Wildman–Crippen MR) is 145 cm³/mol. The lowest BCUT2D eigenvalue weighted by Crippen LogP contribution is -2.54. The fourth-order valence-corrected chi connectivity index (χ4v) is 4.23. The first kappa shape index (κ1) is 29.5. The van der Waals surface area contributed by atoms with Crippen LogP contribution in [-0.2, 0) is 19.1 Å². The molecule has 4 amide bonds. The lowest BCUT2D eigenvalue weighted by molar-refractivity contribution is -0.145. The number of nitrogens with one attached hydrogen (secondary N) is 1. The number of barbiturate groups is 1. The second-order valence-corrected chi connectivity index (χ2v) is 8.66. The van der Waals surface area contributed by atoms with E-state index in [1.54, 1.807) is 52.0 Å². The van der Waals surface area contributed by atoms with E-state index in [4.69, 9.17) is 23.7 Å². The molecular weight excluding hydrogens is 576 g/mol. The smallest absolute Gasteiger partial charge is 0.344 e. The summed E-state index contributed by atoms with van der Waals surface area (Å²) in [5, 5.41) is 2.20. The van der Waals surface area contributed by atoms with Gasteiger partial charge in [0.05, 0.1) is 36.6 Å². The number of carbonyl (C=O) groups excluding carboxylic acids is 4. The van der Waals surface area contributed by atoms with Gasteiger partial charge in [-0.2, -0.15) is 0 Å². The molecule has 0 bridgehead atoms. The molecule has 0 aromatic heterocycles. The third-order valence-electron chi connectivity index (χ3n) is 5.17. The molecule has 2 aromatic rings. The molecule has 1 fully saturated rings. The molecule has 1 N–H and O–H groups in total. The summed E-state index contributed by atoms with van der Waals surface area (Å²) in [5.41, 5.74) is 0.228. The SMILES string of the molecule is CCOC(=O)COc1c(Br)cc(/C=C2\C(=O)NC(=O)N(c3cc(OCC)ccc3OCC)C2=O)cc1OCC. The number of anilines is 1. The Morgan fingerprint density at radius 3 is 2.26 bits per heavy atom. The Labute approximate surface area is 234 Å². The van der Waals surface area contributed by atoms with Crippen molar-refractivity contribution < 1.29 is 42.9 Å². The van der Waals surface area contributed by atoms with Gasteiger partial charge in [0, 0.05) is 6.07 Å². The van der Waals surface area contributed by atoms with Crippen LogP contribution in [0.25, 0.3) is 6.08 Å². The number of carbonyl (C=O) groups is 4. The largest absolute Gasteiger partial charge is 0.494 e. The molecule has 0 saturated carbocycles. The van der Waals surface area contributed by atoms with Crippen molar-refractivity contribution in [3.8, 4) is 23.0 Å². The summed E-state index contributed by atoms with van der Waals surface area (Å²) >= 11 is 3.39. The van der Waals surface area contributed by atoms with Gasteiger partial charge in [-0.3, -0.25) is 14.9 Å². The highest BCUT2D eigenvalue weighted by Gasteiger charge is 2.38. The van der Waals surface area contributed by atoms with E-state index in [0.717, 1.165) is 4.90 Å². The molecule has 1 heterocycles. The summed E-state index contributed by atoms with van der Waals surface area (Å²) < 4.78 is 27.7. The van der Waals surface area contributed by atoms with E-state index in [0.29, 0.717) is 22.4 Å². The van der Waals surface area contributed by atoms with Gasteiger partial charge in [-0.05, 0) is 79.5 Å². The number of urea groups is 1. The van der Waals surface area contributed by atoms with E-state index in [1.807, 2.05) is 0 Å². The normalized spacial score (nSPS) is 14.2. The molecule has 2 aromatic carbocycles. The second kappa shape index (κ2) is 13.7. The minimum Gasteiger partial charge on any atom is -0.494 e. The zero-order valence-electron chi connectivity index (χ0n) is 22.0. The molecule has 208 valence electrons. The second-order valence-electron chi connectivity index (χ2n) is 7.81. The standard InChI is InChI=1S/C27H29BrN2O9/c1-5-35-17-9-10-21(36-6-2)20(14-17)30-26(33)18(25(32)29-27(30)34)11-16-12-19(28)24(22(13-16)37-7-3)39-15-23(31)38-8-4/h9-14H,5-8,15H2,1-4H3,(H,29,32,34)/b18-11+. The molecule has 1 aliphatic heterocycles. The van der Waals surface area contributed by atoms with Crippen LogP contribution in [0.15, 0.2) is 40.4 Å². The number of rotatable bonds is 12. The molecule has 11 nitrogen and oxygen atoms in total. The number of nitrogens with zero attached hydrogens (tertiary/aromatic N) is 1. The molecule has 0 spiro atoms. The molecule has 12 heteroatoms. The van der Waals surface area contributed by atoms with Crippen molar-refractivity contribution >= 4 is 51.5 Å². The third-order valence-corrected chi connectivity index (χ3v) is 5.76. The summed E-state index contributed by atoms with van der Waals surface area (Å²) in [6, 6.07) is 6.95. The van der Waals surface area contributed by atoms with Crippen molar-refractivity contribution in [2.45, 2.75) is 27.7 Å². The monoisotopic (exact) mass is 604 g/mol. The van der Waals surface area contributed by atoms with E-state index >= 15 is 0 Å². The van der Waals surface area contributed by atoms with Crippen molar-refractivity contribution in [3.05, 3.63) is 45.9 Å². The van der Waals surface area contributed by atoms with Gasteiger partial charge in [-0.1, -0.05) is 0 Å². The van der Waals surface area contributed by atoms with Crippen LogP contribution in [0, 0.1) is 0 Å². The van der Waals surface area contributed by atoms with Crippen molar-refractivity contribution in [3.63, 3.8) is 0 Å². The van der Waals surface area contributed by atoms with Crippen LogP contribution >= 0.6 is 15.9 Å². The Morgan fingerprint density at radius 2 is 1.59 bits per heavy atom. The maximum atomic E-state index is 13.5. The van der Waals surface area contributed by atoms with Crippen LogP contribution in [0.4, 0.5) is 10.5 Å². The minimum atomic E-state index is -0.921. The van der Waals surface area contributed by atoms with E-state index in [-0.39, 0.29) is 54.9 Å². The molecule has 0 atom stereocenters. The fraction of sp³-hybridized carbons (Fsp3) is 0.333. The first-order valence-corrected chi connectivity index (χ1v) is 13.1. The van der Waals surface area contributed by atoms with E-state index in [1.165, 1.54) is 12.1 Å². The Morgan fingerprint density at radius 1 is 0.897 bits per heavy atom. The molecule has 3 rings (SSSR count). The molecule has 1 aliphatic rings. The highest BCUT2D eigenvalue weighted by atomic mass is 79.9. The number of amides is 4. The van der Waals surface area contributed by atoms with Gasteiger partial charge in [0.25, 0.3) is 11.8 Å². The van der Waals surface area contributed by atoms with Crippen LogP contribution < -0.4 is 29.2 Å². The van der Waals surface area contributed by atoms with Crippen LogP contribution in [0.1, 0.15) is 33.3 Å². The molecule has 1 saturated heterocycles. The van der Waals surface area contributed by atoms with Crippen molar-refractivity contribution in [1.29, 1.82) is 0 Å². The number of benzene rings is 2. The molecular formula is C27H29BrN2O9. The summed E-state index contributed by atoms with van der Waals surface area (Å²) in [7, 11) is 0. The third kappa shape index (κ3) is 7.08. The summed E-state index contributed by atoms with van der Waals surface area (Å²) in [6.07, 6.45) is 1.33. The zero-order valence-corrected chi connectivity index (χ0v) is 23.6. The first-order valence-electron chi connectivity index (χ1n) is 12.3. The predicted octanol–water partition coefficient (Wildman–Crippen LogP) is 4.25. The highest BCUT2D eigenvalue weighted by Crippen LogP contribution is 2.39. The van der Waals surface area contributed by atoms with Crippen molar-refractivity contribution in [1.82, 2.24) is 5.32 Å². The van der Waals surface area contributed by atoms with Gasteiger partial charge >= 0.3 is 12.0 Å². The van der Waals surface area contributed by atoms with Crippen LogP contribution in [-0.4, -0.2) is 56.8 Å². The average molecular weight is 605 g/mol. The number of imide groups is 2. The number of hydrogen-bond acceptors (Lipinski definition) is 9. The van der Waals surface area contributed by atoms with Crippen LogP contribution in [0.3, 0.4) is 0 Å². The van der Waals surface area contributed by atoms with Gasteiger partial charge in [0.15, 0.2) is 18.1 Å². The summed E-state index contributed by atoms with van der Waals surface area (Å²) in [4.78, 5) is 51.7. The molecule has 0 unspecified atom stereocenters. The number of esters is 1. The van der Waals surface area contributed by atoms with Crippen molar-refractivity contribution in [2.75, 3.05) is 37.9 Å². The minimum absolute atomic E-state index is 0.127. The Hall–Kier alpha value is -4.06. The number of hydrogen-bond donors (Lipinski definition) is 1. The first-order chi connectivity index (χ1) is 18.7. The fourth-order valence-electron chi connectivity index (χ4n) is 3.66. The van der Waals surface area contributed by atoms with E-state index in [2.05, 4.69) is 21.2 Å². The lowest BCUT2D eigenvalue weighted by atomic mass is 10.1. The summed E-state index contributed by atoms with van der Waals surface area (Å²) in [6.45, 7) is 7.82. The van der Waals surface area contributed by atoms with Crippen LogP contribution in [0.5, 0.6) is 23.0 Å². The quantitative estimate of drug-likeness (QED) is 0.214. The van der Waals surface area contributed by atoms with E-state index < -0.39 is 23.8 Å². The van der Waals surface area contributed by atoms with E-state index in [9.17, 15) is 19.2 Å². The lowest BCUT2D eigenvalue weighted by Gasteiger charge is -2.28. The Bertz CT molecular complexity index is 1290. The maximum absolute atomic E-state index is 13.5. The van der Waals surface area contributed by atoms with Crippen molar-refractivity contribution in [2.24, 2.45) is 0 Å². The Kier molecular flexibility index (Phi) is 10.3. The molecule has 0 aliphatic carbocycles. The topological polar surface area (TPSA) is 130 Å². The number of ether oxygens (including phenoxy) is 5. The molecule has 0 radical (unpaired) electrons. The van der Waals surface area contributed by atoms with Gasteiger partial charge < -0.3 is 23.7 Å². The van der Waals surface area contributed by atoms with Crippen LogP contribution in [0.2, 0.25) is 0 Å². The van der Waals surface area contributed by atoms with Gasteiger partial charge in [0.1, 0.15) is 17.1 Å². The molecule has 39 heavy (non-hydrogen) atoms. The maximum Gasteiger partial charge on any atom is 0.344 e. The zero-order chi connectivity index (χ0) is 28.5. The average Bonchev–Trinajstić information content (AvgIpc) is 2.88.